The highest BCUT2D eigenvalue weighted by molar-refractivity contribution is 7.09. The molecule has 1 unspecified atom stereocenters. The predicted octanol–water partition coefficient (Wildman–Crippen LogP) is 3.52. The molecule has 3 nitrogen and oxygen atoms in total. The quantitative estimate of drug-likeness (QED) is 0.811. The summed E-state index contributed by atoms with van der Waals surface area (Å²) in [6.45, 7) is 0. The van der Waals surface area contributed by atoms with Crippen LogP contribution in [0.25, 0.3) is 0 Å². The van der Waals surface area contributed by atoms with Gasteiger partial charge in [-0.15, -0.1) is 11.3 Å². The average molecular weight is 301 g/mol. The Balaban J connectivity index is 1.66. The Morgan fingerprint density at radius 3 is 3.00 bits per heavy atom. The van der Waals surface area contributed by atoms with E-state index in [1.165, 1.54) is 29.7 Å². The number of nitrogens with zero attached hydrogens (tertiary/aromatic N) is 1. The third-order valence-electron chi connectivity index (χ3n) is 4.08. The number of aryl methyl sites for hydroxylation is 2. The zero-order valence-electron chi connectivity index (χ0n) is 12.2. The van der Waals surface area contributed by atoms with E-state index in [9.17, 15) is 4.79 Å². The lowest BCUT2D eigenvalue weighted by Gasteiger charge is -2.22. The minimum Gasteiger partial charge on any atom is -0.469 e. The van der Waals surface area contributed by atoms with Gasteiger partial charge in [-0.2, -0.15) is 0 Å². The largest absolute Gasteiger partial charge is 0.469 e. The number of ether oxygens (including phenoxy) is 1. The zero-order valence-corrected chi connectivity index (χ0v) is 13.0. The number of carbonyl (C=O) groups excluding carboxylic acids is 1. The van der Waals surface area contributed by atoms with E-state index >= 15 is 0 Å². The van der Waals surface area contributed by atoms with Crippen LogP contribution in [0, 0.1) is 0 Å². The summed E-state index contributed by atoms with van der Waals surface area (Å²) in [5.74, 6) is 0.355. The van der Waals surface area contributed by atoms with Crippen LogP contribution in [0.3, 0.4) is 0 Å². The Labute approximate surface area is 129 Å². The van der Waals surface area contributed by atoms with Gasteiger partial charge in [-0.05, 0) is 30.4 Å². The molecule has 0 amide bonds. The summed E-state index contributed by atoms with van der Waals surface area (Å²) < 4.78 is 4.67. The fourth-order valence-corrected chi connectivity index (χ4v) is 3.86. The molecule has 0 spiro atoms. The van der Waals surface area contributed by atoms with Gasteiger partial charge in [-0.25, -0.2) is 4.98 Å². The second-order valence-corrected chi connectivity index (χ2v) is 6.35. The molecule has 21 heavy (non-hydrogen) atoms. The molecule has 1 aromatic heterocycles. The Morgan fingerprint density at radius 2 is 2.19 bits per heavy atom. The van der Waals surface area contributed by atoms with Gasteiger partial charge in [0.25, 0.3) is 0 Å². The van der Waals surface area contributed by atoms with Gasteiger partial charge in [0.05, 0.1) is 24.2 Å². The van der Waals surface area contributed by atoms with Gasteiger partial charge in [0.1, 0.15) is 0 Å². The summed E-state index contributed by atoms with van der Waals surface area (Å²) in [5, 5.41) is 3.29. The molecular formula is C17H19NO2S. The second kappa shape index (κ2) is 6.39. The van der Waals surface area contributed by atoms with Crippen LogP contribution >= 0.6 is 11.3 Å². The molecule has 1 aliphatic carbocycles. The summed E-state index contributed by atoms with van der Waals surface area (Å²) in [7, 11) is 1.42. The van der Waals surface area contributed by atoms with E-state index in [1.54, 1.807) is 11.3 Å². The van der Waals surface area contributed by atoms with Crippen molar-refractivity contribution in [2.45, 2.75) is 38.0 Å². The first-order valence-electron chi connectivity index (χ1n) is 7.34. The highest BCUT2D eigenvalue weighted by atomic mass is 32.1. The fourth-order valence-electron chi connectivity index (χ4n) is 2.87. The second-order valence-electron chi connectivity index (χ2n) is 5.46. The van der Waals surface area contributed by atoms with E-state index in [1.807, 2.05) is 0 Å². The van der Waals surface area contributed by atoms with Gasteiger partial charge in [0.15, 0.2) is 0 Å². The number of hydrogen-bond acceptors (Lipinski definition) is 4. The molecule has 1 aliphatic rings. The lowest BCUT2D eigenvalue weighted by molar-refractivity contribution is -0.140. The van der Waals surface area contributed by atoms with Gasteiger partial charge >= 0.3 is 5.97 Å². The number of thiazole rings is 1. The molecule has 0 fully saturated rings. The molecule has 1 aromatic carbocycles. The maximum atomic E-state index is 11.2. The molecule has 2 aromatic rings. The zero-order chi connectivity index (χ0) is 14.7. The number of aromatic nitrogens is 1. The Bertz CT molecular complexity index is 635. The van der Waals surface area contributed by atoms with E-state index in [2.05, 4.69) is 34.4 Å². The van der Waals surface area contributed by atoms with Crippen LogP contribution < -0.4 is 0 Å². The topological polar surface area (TPSA) is 39.2 Å². The van der Waals surface area contributed by atoms with Crippen molar-refractivity contribution in [1.29, 1.82) is 0 Å². The highest BCUT2D eigenvalue weighted by Gasteiger charge is 2.22. The van der Waals surface area contributed by atoms with Crippen molar-refractivity contribution >= 4 is 17.3 Å². The number of hydrogen-bond donors (Lipinski definition) is 0. The number of methoxy groups -OCH3 is 1. The van der Waals surface area contributed by atoms with Crippen molar-refractivity contribution < 1.29 is 9.53 Å². The van der Waals surface area contributed by atoms with Crippen molar-refractivity contribution in [3.63, 3.8) is 0 Å². The minimum atomic E-state index is -0.170. The molecule has 0 bridgehead atoms. The van der Waals surface area contributed by atoms with Crippen LogP contribution in [-0.2, 0) is 28.8 Å². The Kier molecular flexibility index (Phi) is 4.34. The van der Waals surface area contributed by atoms with Crippen molar-refractivity contribution in [3.05, 3.63) is 51.5 Å². The number of benzene rings is 1. The lowest BCUT2D eigenvalue weighted by atomic mass is 9.84. The Hall–Kier alpha value is -1.68. The first-order chi connectivity index (χ1) is 10.3. The highest BCUT2D eigenvalue weighted by Crippen LogP contribution is 2.34. The van der Waals surface area contributed by atoms with Gasteiger partial charge < -0.3 is 4.74 Å². The molecule has 110 valence electrons. The third-order valence-corrected chi connectivity index (χ3v) is 5.13. The molecule has 3 rings (SSSR count). The van der Waals surface area contributed by atoms with Crippen LogP contribution in [0.2, 0.25) is 0 Å². The summed E-state index contributed by atoms with van der Waals surface area (Å²) in [4.78, 5) is 15.9. The summed E-state index contributed by atoms with van der Waals surface area (Å²) in [6.07, 6.45) is 4.47. The van der Waals surface area contributed by atoms with E-state index in [4.69, 9.17) is 4.98 Å². The van der Waals surface area contributed by atoms with Gasteiger partial charge in [0.2, 0.25) is 0 Å². The van der Waals surface area contributed by atoms with E-state index in [-0.39, 0.29) is 5.97 Å². The molecule has 4 heteroatoms. The van der Waals surface area contributed by atoms with Crippen LogP contribution in [0.15, 0.2) is 29.6 Å². The van der Waals surface area contributed by atoms with Crippen molar-refractivity contribution in [2.24, 2.45) is 0 Å². The molecule has 0 saturated heterocycles. The van der Waals surface area contributed by atoms with Crippen molar-refractivity contribution in [1.82, 2.24) is 4.98 Å². The van der Waals surface area contributed by atoms with Gasteiger partial charge in [0, 0.05) is 17.7 Å². The number of rotatable bonds is 4. The Morgan fingerprint density at radius 1 is 1.38 bits per heavy atom. The maximum Gasteiger partial charge on any atom is 0.305 e. The SMILES string of the molecule is COC(=O)CCc1csc(C2CCc3ccccc3C2)n1. The fraction of sp³-hybridized carbons (Fsp3) is 0.412. The molecule has 1 heterocycles. The minimum absolute atomic E-state index is 0.170. The predicted molar refractivity (Wildman–Crippen MR) is 83.7 cm³/mol. The van der Waals surface area contributed by atoms with E-state index in [0.29, 0.717) is 18.8 Å². The molecule has 0 saturated carbocycles. The molecular weight excluding hydrogens is 282 g/mol. The molecule has 0 aliphatic heterocycles. The summed E-state index contributed by atoms with van der Waals surface area (Å²) in [6, 6.07) is 8.70. The van der Waals surface area contributed by atoms with E-state index in [0.717, 1.165) is 18.5 Å². The smallest absolute Gasteiger partial charge is 0.305 e. The number of esters is 1. The number of carbonyl (C=O) groups is 1. The van der Waals surface area contributed by atoms with Crippen molar-refractivity contribution in [3.8, 4) is 0 Å². The van der Waals surface area contributed by atoms with Crippen LogP contribution in [0.5, 0.6) is 0 Å². The third kappa shape index (κ3) is 3.32. The maximum absolute atomic E-state index is 11.2. The summed E-state index contributed by atoms with van der Waals surface area (Å²) in [5.41, 5.74) is 3.95. The van der Waals surface area contributed by atoms with Crippen LogP contribution in [0.4, 0.5) is 0 Å². The first kappa shape index (κ1) is 14.3. The lowest BCUT2D eigenvalue weighted by Crippen LogP contribution is -2.12. The van der Waals surface area contributed by atoms with Gasteiger partial charge in [-0.1, -0.05) is 24.3 Å². The van der Waals surface area contributed by atoms with Crippen molar-refractivity contribution in [2.75, 3.05) is 7.11 Å². The molecule has 0 N–H and O–H groups in total. The van der Waals surface area contributed by atoms with Crippen LogP contribution in [-0.4, -0.2) is 18.1 Å². The monoisotopic (exact) mass is 301 g/mol. The van der Waals surface area contributed by atoms with Gasteiger partial charge in [-0.3, -0.25) is 4.79 Å². The normalized spacial score (nSPS) is 17.3. The van der Waals surface area contributed by atoms with E-state index < -0.39 is 0 Å². The first-order valence-corrected chi connectivity index (χ1v) is 8.22. The molecule has 1 atom stereocenters. The standard InChI is InChI=1S/C17H19NO2S/c1-20-16(19)9-8-15-11-21-17(18-15)14-7-6-12-4-2-3-5-13(12)10-14/h2-5,11,14H,6-10H2,1H3. The summed E-state index contributed by atoms with van der Waals surface area (Å²) >= 11 is 1.73. The average Bonchev–Trinajstić information content (AvgIpc) is 3.01. The van der Waals surface area contributed by atoms with Crippen LogP contribution in [0.1, 0.15) is 40.6 Å². The number of fused-ring (bicyclic) bond motifs is 1. The molecule has 0 radical (unpaired) electrons.